The molecule has 2 heteroatoms. The van der Waals surface area contributed by atoms with Gasteiger partial charge in [-0.15, -0.1) is 11.8 Å². The van der Waals surface area contributed by atoms with Crippen molar-refractivity contribution in [3.8, 4) is 11.8 Å². The van der Waals surface area contributed by atoms with Gasteiger partial charge in [-0.25, -0.2) is 0 Å². The largest absolute Gasteiger partial charge is 0.324 e. The van der Waals surface area contributed by atoms with Crippen molar-refractivity contribution >= 4 is 10.9 Å². The van der Waals surface area contributed by atoms with Gasteiger partial charge in [-0.2, -0.15) is 0 Å². The molecule has 0 amide bonds. The summed E-state index contributed by atoms with van der Waals surface area (Å²) < 4.78 is 0. The molecular weight excluding hydrogens is 220 g/mol. The number of aromatic nitrogens is 1. The average molecular weight is 238 g/mol. The summed E-state index contributed by atoms with van der Waals surface area (Å²) in [7, 11) is 0. The molecule has 1 aromatic heterocycles. The number of benzene rings is 1. The van der Waals surface area contributed by atoms with E-state index >= 15 is 0 Å². The third-order valence-corrected chi connectivity index (χ3v) is 3.03. The minimum absolute atomic E-state index is 0.0254. The minimum atomic E-state index is 0.0254. The predicted octanol–water partition coefficient (Wildman–Crippen LogP) is 3.35. The lowest BCUT2D eigenvalue weighted by atomic mass is 9.98. The smallest absolute Gasteiger partial charge is 0.0708 e. The van der Waals surface area contributed by atoms with Gasteiger partial charge in [0.2, 0.25) is 0 Å². The fraction of sp³-hybridized carbons (Fsp3) is 0.312. The maximum atomic E-state index is 6.28. The van der Waals surface area contributed by atoms with Gasteiger partial charge in [0.05, 0.1) is 5.52 Å². The van der Waals surface area contributed by atoms with Crippen molar-refractivity contribution in [2.75, 3.05) is 0 Å². The Labute approximate surface area is 108 Å². The van der Waals surface area contributed by atoms with Crippen molar-refractivity contribution in [3.05, 3.63) is 41.6 Å². The van der Waals surface area contributed by atoms with Gasteiger partial charge in [0.15, 0.2) is 0 Å². The van der Waals surface area contributed by atoms with Crippen LogP contribution in [0, 0.1) is 18.8 Å². The second-order valence-corrected chi connectivity index (χ2v) is 4.44. The van der Waals surface area contributed by atoms with E-state index in [-0.39, 0.29) is 6.04 Å². The van der Waals surface area contributed by atoms with Gasteiger partial charge in [0.25, 0.3) is 0 Å². The number of hydrogen-bond donors (Lipinski definition) is 1. The number of fused-ring (bicyclic) bond motifs is 1. The Morgan fingerprint density at radius 2 is 2.11 bits per heavy atom. The SMILES string of the molecule is CC#CCCC(N)c1cc(C)nc2ccccc12. The first-order valence-corrected chi connectivity index (χ1v) is 6.24. The summed E-state index contributed by atoms with van der Waals surface area (Å²) in [5.41, 5.74) is 9.48. The van der Waals surface area contributed by atoms with E-state index in [0.29, 0.717) is 0 Å². The summed E-state index contributed by atoms with van der Waals surface area (Å²) in [6, 6.07) is 10.3. The highest BCUT2D eigenvalue weighted by Gasteiger charge is 2.10. The van der Waals surface area contributed by atoms with Crippen LogP contribution < -0.4 is 5.73 Å². The average Bonchev–Trinajstić information content (AvgIpc) is 2.38. The molecule has 0 saturated heterocycles. The van der Waals surface area contributed by atoms with Crippen LogP contribution in [0.25, 0.3) is 10.9 Å². The maximum absolute atomic E-state index is 6.28. The molecule has 0 saturated carbocycles. The second kappa shape index (κ2) is 5.66. The molecule has 0 aliphatic heterocycles. The highest BCUT2D eigenvalue weighted by atomic mass is 14.7. The predicted molar refractivity (Wildman–Crippen MR) is 76.1 cm³/mol. The van der Waals surface area contributed by atoms with E-state index in [2.05, 4.69) is 29.0 Å². The van der Waals surface area contributed by atoms with Crippen molar-refractivity contribution < 1.29 is 0 Å². The van der Waals surface area contributed by atoms with Crippen LogP contribution in [0.1, 0.15) is 37.1 Å². The molecule has 1 unspecified atom stereocenters. The van der Waals surface area contributed by atoms with Gasteiger partial charge >= 0.3 is 0 Å². The van der Waals surface area contributed by atoms with Crippen LogP contribution in [0.15, 0.2) is 30.3 Å². The van der Waals surface area contributed by atoms with Gasteiger partial charge in [0, 0.05) is 23.5 Å². The highest BCUT2D eigenvalue weighted by Crippen LogP contribution is 2.25. The quantitative estimate of drug-likeness (QED) is 0.833. The van der Waals surface area contributed by atoms with E-state index in [9.17, 15) is 0 Å². The molecular formula is C16H18N2. The van der Waals surface area contributed by atoms with Gasteiger partial charge in [-0.1, -0.05) is 18.2 Å². The molecule has 92 valence electrons. The van der Waals surface area contributed by atoms with E-state index in [4.69, 9.17) is 5.73 Å². The Bertz CT molecular complexity index is 605. The second-order valence-electron chi connectivity index (χ2n) is 4.44. The van der Waals surface area contributed by atoms with E-state index in [0.717, 1.165) is 29.4 Å². The van der Waals surface area contributed by atoms with E-state index in [1.165, 1.54) is 5.56 Å². The molecule has 0 radical (unpaired) electrons. The molecule has 0 aliphatic rings. The first kappa shape index (κ1) is 12.6. The van der Waals surface area contributed by atoms with Gasteiger partial charge in [-0.05, 0) is 38.0 Å². The zero-order valence-corrected chi connectivity index (χ0v) is 10.9. The molecule has 0 bridgehead atoms. The number of aryl methyl sites for hydroxylation is 1. The molecule has 0 fully saturated rings. The van der Waals surface area contributed by atoms with Crippen LogP contribution in [0.4, 0.5) is 0 Å². The molecule has 2 rings (SSSR count). The highest BCUT2D eigenvalue weighted by molar-refractivity contribution is 5.82. The summed E-state index contributed by atoms with van der Waals surface area (Å²) in [5, 5.41) is 1.15. The van der Waals surface area contributed by atoms with Gasteiger partial charge in [0.1, 0.15) is 0 Å². The lowest BCUT2D eigenvalue weighted by molar-refractivity contribution is 0.671. The summed E-state index contributed by atoms with van der Waals surface area (Å²) in [4.78, 5) is 4.53. The van der Waals surface area contributed by atoms with Crippen molar-refractivity contribution in [3.63, 3.8) is 0 Å². The van der Waals surface area contributed by atoms with E-state index in [1.807, 2.05) is 32.0 Å². The standard InChI is InChI=1S/C16H18N2/c1-3-4-5-9-15(17)14-11-12(2)18-16-10-7-6-8-13(14)16/h6-8,10-11,15H,5,9,17H2,1-2H3. The van der Waals surface area contributed by atoms with Crippen molar-refractivity contribution in [2.24, 2.45) is 5.73 Å². The summed E-state index contributed by atoms with van der Waals surface area (Å²) >= 11 is 0. The van der Waals surface area contributed by atoms with Crippen LogP contribution in [0.2, 0.25) is 0 Å². The number of pyridine rings is 1. The van der Waals surface area contributed by atoms with E-state index in [1.54, 1.807) is 0 Å². The lowest BCUT2D eigenvalue weighted by Crippen LogP contribution is -2.11. The number of hydrogen-bond acceptors (Lipinski definition) is 2. The fourth-order valence-electron chi connectivity index (χ4n) is 2.16. The molecule has 18 heavy (non-hydrogen) atoms. The Hall–Kier alpha value is -1.85. The number of nitrogens with zero attached hydrogens (tertiary/aromatic N) is 1. The topological polar surface area (TPSA) is 38.9 Å². The third kappa shape index (κ3) is 2.69. The first-order chi connectivity index (χ1) is 8.72. The third-order valence-electron chi connectivity index (χ3n) is 3.03. The molecule has 2 aromatic rings. The van der Waals surface area contributed by atoms with Crippen LogP contribution in [0.5, 0.6) is 0 Å². The van der Waals surface area contributed by atoms with E-state index < -0.39 is 0 Å². The zero-order valence-electron chi connectivity index (χ0n) is 10.9. The molecule has 1 aromatic carbocycles. The zero-order chi connectivity index (χ0) is 13.0. The molecule has 1 atom stereocenters. The lowest BCUT2D eigenvalue weighted by Gasteiger charge is -2.14. The van der Waals surface area contributed by atoms with Crippen molar-refractivity contribution in [1.82, 2.24) is 4.98 Å². The Balaban J connectivity index is 2.38. The fourth-order valence-corrected chi connectivity index (χ4v) is 2.16. The van der Waals surface area contributed by atoms with Crippen LogP contribution in [-0.4, -0.2) is 4.98 Å². The summed E-state index contributed by atoms with van der Waals surface area (Å²) in [6.07, 6.45) is 1.72. The first-order valence-electron chi connectivity index (χ1n) is 6.24. The molecule has 2 N–H and O–H groups in total. The van der Waals surface area contributed by atoms with Gasteiger partial charge in [-0.3, -0.25) is 4.98 Å². The van der Waals surface area contributed by atoms with Crippen molar-refractivity contribution in [2.45, 2.75) is 32.7 Å². The maximum Gasteiger partial charge on any atom is 0.0708 e. The molecule has 2 nitrogen and oxygen atoms in total. The molecule has 1 heterocycles. The van der Waals surface area contributed by atoms with Crippen LogP contribution in [0.3, 0.4) is 0 Å². The van der Waals surface area contributed by atoms with Crippen LogP contribution in [-0.2, 0) is 0 Å². The van der Waals surface area contributed by atoms with Crippen molar-refractivity contribution in [1.29, 1.82) is 0 Å². The number of para-hydroxylation sites is 1. The monoisotopic (exact) mass is 238 g/mol. The Kier molecular flexibility index (Phi) is 3.96. The van der Waals surface area contributed by atoms with Crippen LogP contribution >= 0.6 is 0 Å². The number of rotatable bonds is 3. The summed E-state index contributed by atoms with van der Waals surface area (Å²) in [6.45, 7) is 3.87. The summed E-state index contributed by atoms with van der Waals surface area (Å²) in [5.74, 6) is 5.97. The minimum Gasteiger partial charge on any atom is -0.324 e. The molecule has 0 spiro atoms. The molecule has 0 aliphatic carbocycles. The number of nitrogens with two attached hydrogens (primary N) is 1. The Morgan fingerprint density at radius 1 is 1.33 bits per heavy atom. The Morgan fingerprint density at radius 3 is 2.89 bits per heavy atom. The normalized spacial score (nSPS) is 11.9. The van der Waals surface area contributed by atoms with Gasteiger partial charge < -0.3 is 5.73 Å².